The molecule has 5 nitrogen and oxygen atoms in total. The van der Waals surface area contributed by atoms with Crippen LogP contribution < -0.4 is 10.9 Å². The zero-order valence-electron chi connectivity index (χ0n) is 15.0. The van der Waals surface area contributed by atoms with Crippen LogP contribution in [0.4, 0.5) is 0 Å². The molecule has 3 aromatic rings. The number of nitrogens with one attached hydrogen (secondary N) is 2. The lowest BCUT2D eigenvalue weighted by Gasteiger charge is -2.10. The van der Waals surface area contributed by atoms with Gasteiger partial charge in [0.2, 0.25) is 5.91 Å². The summed E-state index contributed by atoms with van der Waals surface area (Å²) in [6.07, 6.45) is 0.883. The second-order valence-corrected chi connectivity index (χ2v) is 8.05. The van der Waals surface area contributed by atoms with Crippen LogP contribution in [0.2, 0.25) is 0 Å². The van der Waals surface area contributed by atoms with Gasteiger partial charge in [-0.05, 0) is 25.8 Å². The van der Waals surface area contributed by atoms with Crippen LogP contribution in [0.1, 0.15) is 25.8 Å². The minimum atomic E-state index is -0.170. The van der Waals surface area contributed by atoms with Gasteiger partial charge in [-0.15, -0.1) is 11.3 Å². The number of hydrogen-bond donors (Lipinski definition) is 2. The number of aryl methyl sites for hydroxylation is 1. The number of thiophene rings is 1. The van der Waals surface area contributed by atoms with Gasteiger partial charge in [-0.1, -0.05) is 48.5 Å². The van der Waals surface area contributed by atoms with E-state index < -0.39 is 0 Å². The Bertz CT molecular complexity index is 977. The van der Waals surface area contributed by atoms with Gasteiger partial charge in [0.1, 0.15) is 4.83 Å². The second kappa shape index (κ2) is 8.05. The van der Waals surface area contributed by atoms with Crippen LogP contribution in [0, 0.1) is 6.92 Å². The van der Waals surface area contributed by atoms with E-state index >= 15 is 0 Å². The van der Waals surface area contributed by atoms with Gasteiger partial charge in [-0.2, -0.15) is 0 Å². The molecule has 0 fully saturated rings. The van der Waals surface area contributed by atoms with Crippen molar-refractivity contribution in [2.75, 3.05) is 5.75 Å². The monoisotopic (exact) mass is 387 g/mol. The van der Waals surface area contributed by atoms with Crippen molar-refractivity contribution in [2.24, 2.45) is 0 Å². The minimum absolute atomic E-state index is 0.0568. The smallest absolute Gasteiger partial charge is 0.260 e. The largest absolute Gasteiger partial charge is 0.353 e. The van der Waals surface area contributed by atoms with Crippen molar-refractivity contribution in [2.45, 2.75) is 38.4 Å². The van der Waals surface area contributed by atoms with Crippen molar-refractivity contribution < 1.29 is 4.79 Å². The summed E-state index contributed by atoms with van der Waals surface area (Å²) in [5, 5.41) is 5.94. The van der Waals surface area contributed by atoms with Gasteiger partial charge < -0.3 is 10.3 Å². The lowest BCUT2D eigenvalue weighted by molar-refractivity contribution is -0.119. The summed E-state index contributed by atoms with van der Waals surface area (Å²) in [6.45, 7) is 6.02. The third-order valence-corrected chi connectivity index (χ3v) is 5.89. The average molecular weight is 388 g/mol. The van der Waals surface area contributed by atoms with Crippen LogP contribution >= 0.6 is 23.1 Å². The first-order chi connectivity index (χ1) is 12.5. The highest BCUT2D eigenvalue weighted by Crippen LogP contribution is 2.31. The number of carbonyl (C=O) groups excluding carboxylic acids is 1. The number of H-pyrrole nitrogens is 1. The molecular formula is C19H21N3O2S2. The van der Waals surface area contributed by atoms with Gasteiger partial charge >= 0.3 is 0 Å². The number of aromatic amines is 1. The summed E-state index contributed by atoms with van der Waals surface area (Å²) in [6, 6.07) is 8.23. The van der Waals surface area contributed by atoms with Crippen LogP contribution in [-0.4, -0.2) is 27.7 Å². The lowest BCUT2D eigenvalue weighted by Crippen LogP contribution is -2.33. The van der Waals surface area contributed by atoms with E-state index in [9.17, 15) is 9.59 Å². The third kappa shape index (κ3) is 4.16. The summed E-state index contributed by atoms with van der Waals surface area (Å²) in [5.74, 6) is 0.174. The maximum absolute atomic E-state index is 12.6. The molecule has 2 aromatic heterocycles. The molecule has 26 heavy (non-hydrogen) atoms. The van der Waals surface area contributed by atoms with Crippen LogP contribution in [0.25, 0.3) is 21.3 Å². The van der Waals surface area contributed by atoms with E-state index in [0.717, 1.165) is 17.5 Å². The molecule has 2 N–H and O–H groups in total. The second-order valence-electron chi connectivity index (χ2n) is 6.23. The quantitative estimate of drug-likeness (QED) is 0.496. The van der Waals surface area contributed by atoms with Gasteiger partial charge in [-0.25, -0.2) is 4.98 Å². The molecule has 136 valence electrons. The van der Waals surface area contributed by atoms with Crippen LogP contribution in [-0.2, 0) is 4.79 Å². The van der Waals surface area contributed by atoms with Crippen molar-refractivity contribution in [3.8, 4) is 11.1 Å². The van der Waals surface area contributed by atoms with E-state index in [1.54, 1.807) is 0 Å². The highest BCUT2D eigenvalue weighted by molar-refractivity contribution is 7.99. The van der Waals surface area contributed by atoms with Crippen molar-refractivity contribution in [3.05, 3.63) is 45.6 Å². The molecule has 0 radical (unpaired) electrons. The first-order valence-electron chi connectivity index (χ1n) is 8.48. The van der Waals surface area contributed by atoms with Crippen molar-refractivity contribution in [1.29, 1.82) is 0 Å². The molecule has 1 atom stereocenters. The molecule has 0 aliphatic heterocycles. The zero-order valence-corrected chi connectivity index (χ0v) is 16.6. The molecule has 7 heteroatoms. The minimum Gasteiger partial charge on any atom is -0.353 e. The number of carbonyl (C=O) groups is 1. The molecule has 1 amide bonds. The maximum atomic E-state index is 12.6. The van der Waals surface area contributed by atoms with Gasteiger partial charge in [0.05, 0.1) is 11.1 Å². The first kappa shape index (κ1) is 18.7. The Hall–Kier alpha value is -2.12. The molecule has 0 saturated carbocycles. The zero-order chi connectivity index (χ0) is 18.7. The predicted octanol–water partition coefficient (Wildman–Crippen LogP) is 3.97. The topological polar surface area (TPSA) is 74.8 Å². The molecule has 0 aliphatic carbocycles. The molecule has 1 unspecified atom stereocenters. The van der Waals surface area contributed by atoms with Crippen LogP contribution in [0.15, 0.2) is 39.6 Å². The van der Waals surface area contributed by atoms with E-state index in [-0.39, 0.29) is 23.3 Å². The molecular weight excluding hydrogens is 366 g/mol. The molecule has 0 saturated heterocycles. The summed E-state index contributed by atoms with van der Waals surface area (Å²) in [5.41, 5.74) is 2.90. The summed E-state index contributed by atoms with van der Waals surface area (Å²) in [7, 11) is 0. The highest BCUT2D eigenvalue weighted by Gasteiger charge is 2.14. The molecule has 1 aromatic carbocycles. The number of benzene rings is 1. The van der Waals surface area contributed by atoms with Gasteiger partial charge in [-0.3, -0.25) is 9.59 Å². The van der Waals surface area contributed by atoms with E-state index in [1.807, 2.05) is 50.4 Å². The average Bonchev–Trinajstić information content (AvgIpc) is 3.05. The lowest BCUT2D eigenvalue weighted by atomic mass is 10.1. The molecule has 0 spiro atoms. The van der Waals surface area contributed by atoms with Gasteiger partial charge in [0, 0.05) is 17.0 Å². The fourth-order valence-electron chi connectivity index (χ4n) is 2.50. The summed E-state index contributed by atoms with van der Waals surface area (Å²) in [4.78, 5) is 32.5. The first-order valence-corrected chi connectivity index (χ1v) is 10.3. The molecule has 2 heterocycles. The number of fused-ring (bicyclic) bond motifs is 1. The van der Waals surface area contributed by atoms with Crippen molar-refractivity contribution in [3.63, 3.8) is 0 Å². The van der Waals surface area contributed by atoms with Crippen molar-refractivity contribution >= 4 is 39.2 Å². The highest BCUT2D eigenvalue weighted by atomic mass is 32.2. The Morgan fingerprint density at radius 3 is 2.77 bits per heavy atom. The number of nitrogens with zero attached hydrogens (tertiary/aromatic N) is 1. The predicted molar refractivity (Wildman–Crippen MR) is 109 cm³/mol. The Morgan fingerprint density at radius 2 is 2.08 bits per heavy atom. The van der Waals surface area contributed by atoms with E-state index in [2.05, 4.69) is 15.3 Å². The Balaban J connectivity index is 1.82. The number of thioether (sulfide) groups is 1. The number of hydrogen-bond acceptors (Lipinski definition) is 5. The van der Waals surface area contributed by atoms with Crippen molar-refractivity contribution in [1.82, 2.24) is 15.3 Å². The fraction of sp³-hybridized carbons (Fsp3) is 0.316. The summed E-state index contributed by atoms with van der Waals surface area (Å²) < 4.78 is 0. The summed E-state index contributed by atoms with van der Waals surface area (Å²) >= 11 is 2.69. The fourth-order valence-corrected chi connectivity index (χ4v) is 4.17. The normalized spacial score (nSPS) is 12.3. The van der Waals surface area contributed by atoms with E-state index in [4.69, 9.17) is 0 Å². The third-order valence-electron chi connectivity index (χ3n) is 4.14. The van der Waals surface area contributed by atoms with Crippen LogP contribution in [0.3, 0.4) is 0 Å². The number of amides is 1. The van der Waals surface area contributed by atoms with E-state index in [1.165, 1.54) is 28.7 Å². The SMILES string of the molecule is CCC(C)NC(=O)CSc1nc2scc(-c3ccc(C)cc3)c2c(=O)[nH]1. The Labute approximate surface area is 160 Å². The van der Waals surface area contributed by atoms with Gasteiger partial charge in [0.25, 0.3) is 5.56 Å². The van der Waals surface area contributed by atoms with Gasteiger partial charge in [0.15, 0.2) is 5.16 Å². The molecule has 3 rings (SSSR count). The Morgan fingerprint density at radius 1 is 1.35 bits per heavy atom. The standard InChI is InChI=1S/C19H21N3O2S2/c1-4-12(3)20-15(23)10-26-19-21-17(24)16-14(9-25-18(16)22-19)13-7-5-11(2)6-8-13/h5-9,12H,4,10H2,1-3H3,(H,20,23)(H,21,22,24). The Kier molecular flexibility index (Phi) is 5.78. The molecule has 0 aliphatic rings. The molecule has 0 bridgehead atoms. The number of aromatic nitrogens is 2. The maximum Gasteiger partial charge on any atom is 0.260 e. The van der Waals surface area contributed by atoms with Crippen LogP contribution in [0.5, 0.6) is 0 Å². The number of rotatable bonds is 6. The van der Waals surface area contributed by atoms with E-state index in [0.29, 0.717) is 15.4 Å².